The molecule has 1 heterocycles. The van der Waals surface area contributed by atoms with Gasteiger partial charge in [-0.3, -0.25) is 4.79 Å². The van der Waals surface area contributed by atoms with Gasteiger partial charge in [0.2, 0.25) is 5.88 Å². The molecule has 0 atom stereocenters. The summed E-state index contributed by atoms with van der Waals surface area (Å²) in [6, 6.07) is 13.0. The van der Waals surface area contributed by atoms with Crippen molar-refractivity contribution in [2.75, 3.05) is 6.61 Å². The SMILES string of the molecule is Cc1cccc(OCC(=O)N=Nc2c(O)n(C)c3ccccc23)c1C. The van der Waals surface area contributed by atoms with Gasteiger partial charge < -0.3 is 14.4 Å². The number of para-hydroxylation sites is 1. The van der Waals surface area contributed by atoms with Crippen molar-refractivity contribution >= 4 is 22.5 Å². The highest BCUT2D eigenvalue weighted by atomic mass is 16.5. The van der Waals surface area contributed by atoms with Gasteiger partial charge in [-0.25, -0.2) is 0 Å². The number of aromatic hydroxyl groups is 1. The number of aromatic nitrogens is 1. The molecule has 0 saturated carbocycles. The van der Waals surface area contributed by atoms with Crippen molar-refractivity contribution in [1.29, 1.82) is 0 Å². The summed E-state index contributed by atoms with van der Waals surface area (Å²) in [5.41, 5.74) is 3.16. The predicted octanol–water partition coefficient (Wildman–Crippen LogP) is 4.19. The van der Waals surface area contributed by atoms with Gasteiger partial charge in [0.25, 0.3) is 0 Å². The van der Waals surface area contributed by atoms with Gasteiger partial charge in [0.05, 0.1) is 5.52 Å². The van der Waals surface area contributed by atoms with Crippen LogP contribution in [0.25, 0.3) is 10.9 Å². The molecule has 0 saturated heterocycles. The van der Waals surface area contributed by atoms with Gasteiger partial charge in [0.1, 0.15) is 5.75 Å². The van der Waals surface area contributed by atoms with Crippen LogP contribution < -0.4 is 4.74 Å². The highest BCUT2D eigenvalue weighted by molar-refractivity contribution is 5.95. The number of benzene rings is 2. The molecule has 0 fully saturated rings. The summed E-state index contributed by atoms with van der Waals surface area (Å²) in [4.78, 5) is 12.0. The maximum absolute atomic E-state index is 12.0. The molecule has 1 aromatic heterocycles. The Morgan fingerprint density at radius 3 is 2.72 bits per heavy atom. The lowest BCUT2D eigenvalue weighted by Crippen LogP contribution is -2.08. The third-order valence-electron chi connectivity index (χ3n) is 4.22. The van der Waals surface area contributed by atoms with E-state index in [1.165, 1.54) is 0 Å². The highest BCUT2D eigenvalue weighted by Crippen LogP contribution is 2.37. The van der Waals surface area contributed by atoms with E-state index >= 15 is 0 Å². The topological polar surface area (TPSA) is 76.2 Å². The number of nitrogens with zero attached hydrogens (tertiary/aromatic N) is 3. The fraction of sp³-hybridized carbons (Fsp3) is 0.211. The van der Waals surface area contributed by atoms with Gasteiger partial charge in [-0.05, 0) is 37.1 Å². The van der Waals surface area contributed by atoms with Gasteiger partial charge >= 0.3 is 5.91 Å². The van der Waals surface area contributed by atoms with Crippen molar-refractivity contribution in [1.82, 2.24) is 4.57 Å². The van der Waals surface area contributed by atoms with Crippen LogP contribution in [-0.4, -0.2) is 22.2 Å². The lowest BCUT2D eigenvalue weighted by molar-refractivity contribution is -0.120. The van der Waals surface area contributed by atoms with Crippen LogP contribution in [0.5, 0.6) is 11.6 Å². The summed E-state index contributed by atoms with van der Waals surface area (Å²) in [5, 5.41) is 18.5. The average molecular weight is 337 g/mol. The van der Waals surface area contributed by atoms with Crippen molar-refractivity contribution in [3.8, 4) is 11.6 Å². The van der Waals surface area contributed by atoms with Crippen LogP contribution in [0.1, 0.15) is 11.1 Å². The van der Waals surface area contributed by atoms with Crippen LogP contribution in [0, 0.1) is 13.8 Å². The number of ether oxygens (including phenoxy) is 1. The minimum absolute atomic E-state index is 0.0341. The molecule has 0 aliphatic carbocycles. The quantitative estimate of drug-likeness (QED) is 0.725. The first-order chi connectivity index (χ1) is 12.0. The molecular formula is C19H19N3O3. The first kappa shape index (κ1) is 16.7. The van der Waals surface area contributed by atoms with Crippen LogP contribution in [0.15, 0.2) is 52.7 Å². The van der Waals surface area contributed by atoms with E-state index in [1.54, 1.807) is 11.6 Å². The normalized spacial score (nSPS) is 11.3. The number of fused-ring (bicyclic) bond motifs is 1. The van der Waals surface area contributed by atoms with Crippen LogP contribution in [0.2, 0.25) is 0 Å². The summed E-state index contributed by atoms with van der Waals surface area (Å²) in [7, 11) is 1.72. The zero-order valence-corrected chi connectivity index (χ0v) is 14.4. The number of carbonyl (C=O) groups is 1. The van der Waals surface area contributed by atoms with E-state index in [0.29, 0.717) is 5.75 Å². The van der Waals surface area contributed by atoms with E-state index in [1.807, 2.05) is 56.3 Å². The second-order valence-corrected chi connectivity index (χ2v) is 5.83. The summed E-state index contributed by atoms with van der Waals surface area (Å²) in [6.45, 7) is 3.71. The van der Waals surface area contributed by atoms with Gasteiger partial charge in [-0.1, -0.05) is 30.3 Å². The fourth-order valence-corrected chi connectivity index (χ4v) is 2.61. The molecule has 0 unspecified atom stereocenters. The van der Waals surface area contributed by atoms with E-state index in [9.17, 15) is 9.90 Å². The smallest absolute Gasteiger partial charge is 0.302 e. The molecule has 3 aromatic rings. The first-order valence-electron chi connectivity index (χ1n) is 7.89. The van der Waals surface area contributed by atoms with Crippen molar-refractivity contribution in [3.05, 3.63) is 53.6 Å². The van der Waals surface area contributed by atoms with Crippen LogP contribution in [0.4, 0.5) is 5.69 Å². The van der Waals surface area contributed by atoms with Crippen molar-refractivity contribution in [3.63, 3.8) is 0 Å². The van der Waals surface area contributed by atoms with Crippen molar-refractivity contribution < 1.29 is 14.6 Å². The Morgan fingerprint density at radius 2 is 1.92 bits per heavy atom. The summed E-state index contributed by atoms with van der Waals surface area (Å²) >= 11 is 0. The number of hydrogen-bond acceptors (Lipinski definition) is 4. The van der Waals surface area contributed by atoms with Gasteiger partial charge in [0.15, 0.2) is 12.3 Å². The fourth-order valence-electron chi connectivity index (χ4n) is 2.61. The molecule has 0 aliphatic rings. The third kappa shape index (κ3) is 3.24. The van der Waals surface area contributed by atoms with Gasteiger partial charge in [0, 0.05) is 12.4 Å². The number of carbonyl (C=O) groups excluding carboxylic acids is 1. The van der Waals surface area contributed by atoms with E-state index in [-0.39, 0.29) is 18.2 Å². The Bertz CT molecular complexity index is 973. The Morgan fingerprint density at radius 1 is 1.16 bits per heavy atom. The van der Waals surface area contributed by atoms with Crippen molar-refractivity contribution in [2.45, 2.75) is 13.8 Å². The summed E-state index contributed by atoms with van der Waals surface area (Å²) < 4.78 is 7.12. The monoisotopic (exact) mass is 337 g/mol. The summed E-state index contributed by atoms with van der Waals surface area (Å²) in [6.07, 6.45) is 0. The molecule has 0 aliphatic heterocycles. The molecule has 1 amide bonds. The average Bonchev–Trinajstić information content (AvgIpc) is 2.86. The molecule has 0 bridgehead atoms. The summed E-state index contributed by atoms with van der Waals surface area (Å²) in [5.74, 6) is 0.0954. The zero-order valence-electron chi connectivity index (χ0n) is 14.4. The molecule has 0 spiro atoms. The number of rotatable bonds is 4. The second-order valence-electron chi connectivity index (χ2n) is 5.83. The lowest BCUT2D eigenvalue weighted by Gasteiger charge is -2.08. The molecule has 128 valence electrons. The van der Waals surface area contributed by atoms with E-state index in [4.69, 9.17) is 4.74 Å². The standard InChI is InChI=1S/C19H19N3O3/c1-12-7-6-10-16(13(12)2)25-11-17(23)20-21-18-14-8-4-5-9-15(14)22(3)19(18)24/h4-10,24H,11H2,1-3H3. The van der Waals surface area contributed by atoms with Crippen molar-refractivity contribution in [2.24, 2.45) is 17.3 Å². The minimum atomic E-state index is -0.520. The molecule has 6 heteroatoms. The predicted molar refractivity (Wildman–Crippen MR) is 95.5 cm³/mol. The largest absolute Gasteiger partial charge is 0.493 e. The Balaban J connectivity index is 1.75. The number of amides is 1. The third-order valence-corrected chi connectivity index (χ3v) is 4.22. The maximum atomic E-state index is 12.0. The Hall–Kier alpha value is -3.15. The van der Waals surface area contributed by atoms with Crippen LogP contribution >= 0.6 is 0 Å². The Kier molecular flexibility index (Phi) is 4.52. The molecule has 25 heavy (non-hydrogen) atoms. The highest BCUT2D eigenvalue weighted by Gasteiger charge is 2.14. The van der Waals surface area contributed by atoms with Gasteiger partial charge in [-0.15, -0.1) is 10.2 Å². The molecule has 0 radical (unpaired) electrons. The maximum Gasteiger partial charge on any atom is 0.302 e. The molecule has 6 nitrogen and oxygen atoms in total. The van der Waals surface area contributed by atoms with E-state index < -0.39 is 5.91 Å². The molecular weight excluding hydrogens is 318 g/mol. The lowest BCUT2D eigenvalue weighted by atomic mass is 10.1. The van der Waals surface area contributed by atoms with Gasteiger partial charge in [-0.2, -0.15) is 0 Å². The number of hydrogen-bond donors (Lipinski definition) is 1. The van der Waals surface area contributed by atoms with Crippen LogP contribution in [-0.2, 0) is 11.8 Å². The van der Waals surface area contributed by atoms with E-state index in [0.717, 1.165) is 22.0 Å². The van der Waals surface area contributed by atoms with Crippen LogP contribution in [0.3, 0.4) is 0 Å². The number of aryl methyl sites for hydroxylation is 2. The number of azo groups is 1. The second kappa shape index (κ2) is 6.76. The molecule has 3 rings (SSSR count). The Labute approximate surface area is 145 Å². The first-order valence-corrected chi connectivity index (χ1v) is 7.89. The molecule has 2 aromatic carbocycles. The molecule has 1 N–H and O–H groups in total. The zero-order chi connectivity index (χ0) is 18.0. The minimum Gasteiger partial charge on any atom is -0.493 e. The van der Waals surface area contributed by atoms with E-state index in [2.05, 4.69) is 10.2 Å².